The van der Waals surface area contributed by atoms with Crippen molar-refractivity contribution in [1.29, 1.82) is 0 Å². The molecule has 2 rings (SSSR count). The highest BCUT2D eigenvalue weighted by atomic mass is 127. The van der Waals surface area contributed by atoms with Crippen LogP contribution in [0.1, 0.15) is 19.5 Å². The summed E-state index contributed by atoms with van der Waals surface area (Å²) in [6.45, 7) is 7.38. The van der Waals surface area contributed by atoms with Crippen molar-refractivity contribution in [2.24, 2.45) is 10.7 Å². The Morgan fingerprint density at radius 2 is 2.00 bits per heavy atom. The van der Waals surface area contributed by atoms with Gasteiger partial charge in [0.15, 0.2) is 5.96 Å². The molecule has 0 radical (unpaired) electrons. The van der Waals surface area contributed by atoms with Crippen molar-refractivity contribution in [3.63, 3.8) is 0 Å². The van der Waals surface area contributed by atoms with Gasteiger partial charge in [-0.05, 0) is 19.9 Å². The van der Waals surface area contributed by atoms with Crippen molar-refractivity contribution < 1.29 is 9.53 Å². The molecular formula is C17H29IN6O2. The number of methoxy groups -OCH3 is 1. The van der Waals surface area contributed by atoms with Crippen LogP contribution in [0.15, 0.2) is 23.2 Å². The summed E-state index contributed by atoms with van der Waals surface area (Å²) in [5, 5.41) is 3.33. The molecule has 0 unspecified atom stereocenters. The summed E-state index contributed by atoms with van der Waals surface area (Å²) in [4.78, 5) is 24.6. The fraction of sp³-hybridized carbons (Fsp3) is 0.588. The smallest absolute Gasteiger partial charge is 0.237 e. The first-order valence-electron chi connectivity index (χ1n) is 8.39. The van der Waals surface area contributed by atoms with Gasteiger partial charge >= 0.3 is 0 Å². The van der Waals surface area contributed by atoms with E-state index in [1.165, 1.54) is 0 Å². The van der Waals surface area contributed by atoms with Crippen molar-refractivity contribution in [2.45, 2.75) is 25.9 Å². The average molecular weight is 476 g/mol. The van der Waals surface area contributed by atoms with Crippen molar-refractivity contribution in [3.8, 4) is 5.88 Å². The van der Waals surface area contributed by atoms with Gasteiger partial charge in [0.1, 0.15) is 0 Å². The molecular weight excluding hydrogens is 447 g/mol. The molecule has 26 heavy (non-hydrogen) atoms. The van der Waals surface area contributed by atoms with Crippen LogP contribution in [0.25, 0.3) is 0 Å². The molecule has 1 aliphatic rings. The largest absolute Gasteiger partial charge is 0.481 e. The van der Waals surface area contributed by atoms with Gasteiger partial charge in [0.25, 0.3) is 0 Å². The summed E-state index contributed by atoms with van der Waals surface area (Å²) < 4.78 is 5.14. The molecule has 1 amide bonds. The number of hydrogen-bond acceptors (Lipinski definition) is 5. The van der Waals surface area contributed by atoms with Gasteiger partial charge in [0, 0.05) is 39.3 Å². The minimum Gasteiger partial charge on any atom is -0.481 e. The summed E-state index contributed by atoms with van der Waals surface area (Å²) in [6, 6.07) is 5.67. The Morgan fingerprint density at radius 1 is 1.35 bits per heavy atom. The summed E-state index contributed by atoms with van der Waals surface area (Å²) in [5.41, 5.74) is 5.76. The van der Waals surface area contributed by atoms with E-state index in [0.29, 0.717) is 12.4 Å². The number of amides is 1. The maximum atomic E-state index is 11.6. The number of rotatable bonds is 5. The molecule has 1 aromatic heterocycles. The third kappa shape index (κ3) is 5.44. The Hall–Kier alpha value is -1.62. The summed E-state index contributed by atoms with van der Waals surface area (Å²) in [5.74, 6) is 1.12. The van der Waals surface area contributed by atoms with Crippen LogP contribution < -0.4 is 15.8 Å². The molecule has 0 spiro atoms. The Labute approximate surface area is 172 Å². The van der Waals surface area contributed by atoms with Crippen LogP contribution in [0.3, 0.4) is 0 Å². The van der Waals surface area contributed by atoms with Crippen LogP contribution in [-0.4, -0.2) is 72.5 Å². The van der Waals surface area contributed by atoms with E-state index in [-0.39, 0.29) is 29.9 Å². The maximum Gasteiger partial charge on any atom is 0.237 e. The van der Waals surface area contributed by atoms with Gasteiger partial charge in [-0.1, -0.05) is 6.07 Å². The van der Waals surface area contributed by atoms with E-state index in [0.717, 1.165) is 37.8 Å². The Kier molecular flexibility index (Phi) is 8.54. The zero-order valence-corrected chi connectivity index (χ0v) is 18.2. The number of carbonyl (C=O) groups is 1. The minimum atomic E-state index is -0.631. The lowest BCUT2D eigenvalue weighted by molar-refractivity contribution is -0.129. The molecule has 3 N–H and O–H groups in total. The van der Waals surface area contributed by atoms with Gasteiger partial charge in [0.05, 0.1) is 24.9 Å². The van der Waals surface area contributed by atoms with Gasteiger partial charge in [-0.2, -0.15) is 0 Å². The number of nitrogens with two attached hydrogens (primary N) is 1. The minimum absolute atomic E-state index is 0. The molecule has 0 atom stereocenters. The van der Waals surface area contributed by atoms with E-state index in [1.54, 1.807) is 14.2 Å². The van der Waals surface area contributed by atoms with E-state index >= 15 is 0 Å². The van der Waals surface area contributed by atoms with Crippen LogP contribution in [0.2, 0.25) is 0 Å². The number of halogens is 1. The van der Waals surface area contributed by atoms with Crippen molar-refractivity contribution >= 4 is 35.8 Å². The average Bonchev–Trinajstić information content (AvgIpc) is 2.62. The molecule has 0 bridgehead atoms. The fourth-order valence-electron chi connectivity index (χ4n) is 2.80. The van der Waals surface area contributed by atoms with E-state index in [9.17, 15) is 4.79 Å². The van der Waals surface area contributed by atoms with Crippen LogP contribution in [0.5, 0.6) is 5.88 Å². The lowest BCUT2D eigenvalue weighted by Gasteiger charge is -2.43. The number of pyridine rings is 1. The van der Waals surface area contributed by atoms with Crippen LogP contribution >= 0.6 is 24.0 Å². The van der Waals surface area contributed by atoms with Gasteiger partial charge < -0.3 is 20.7 Å². The monoisotopic (exact) mass is 476 g/mol. The SMILES string of the molecule is CN=C(NCc1cccc(OC)n1)N1CCN(C(C)(C)C(N)=O)CC1.I. The molecule has 1 aromatic rings. The zero-order chi connectivity index (χ0) is 18.4. The van der Waals surface area contributed by atoms with Gasteiger partial charge in [-0.25, -0.2) is 4.98 Å². The molecule has 0 aliphatic carbocycles. The first kappa shape index (κ1) is 22.4. The Balaban J connectivity index is 0.00000338. The number of ether oxygens (including phenoxy) is 1. The number of piperazine rings is 1. The quantitative estimate of drug-likeness (QED) is 0.369. The van der Waals surface area contributed by atoms with Crippen LogP contribution in [0, 0.1) is 0 Å². The molecule has 1 aliphatic heterocycles. The molecule has 1 fully saturated rings. The van der Waals surface area contributed by atoms with Gasteiger partial charge in [-0.15, -0.1) is 24.0 Å². The number of primary amides is 1. The third-order valence-corrected chi connectivity index (χ3v) is 4.60. The standard InChI is InChI=1S/C17H28N6O2.HI/c1-17(2,15(18)24)23-10-8-22(9-11-23)16(19-3)20-12-13-6-5-7-14(21-13)25-4;/h5-7H,8-12H2,1-4H3,(H2,18,24)(H,19,20);1H. The Morgan fingerprint density at radius 3 is 2.54 bits per heavy atom. The second kappa shape index (κ2) is 9.91. The molecule has 0 aromatic carbocycles. The van der Waals surface area contributed by atoms with Crippen LogP contribution in [-0.2, 0) is 11.3 Å². The number of carbonyl (C=O) groups excluding carboxylic acids is 1. The van der Waals surface area contributed by atoms with Crippen molar-refractivity contribution in [3.05, 3.63) is 23.9 Å². The maximum absolute atomic E-state index is 11.6. The number of nitrogens with zero attached hydrogens (tertiary/aromatic N) is 4. The molecule has 0 saturated carbocycles. The highest BCUT2D eigenvalue weighted by Crippen LogP contribution is 2.16. The van der Waals surface area contributed by atoms with Gasteiger partial charge in [0.2, 0.25) is 11.8 Å². The predicted octanol–water partition coefficient (Wildman–Crippen LogP) is 0.665. The number of nitrogens with one attached hydrogen (secondary N) is 1. The zero-order valence-electron chi connectivity index (χ0n) is 15.9. The van der Waals surface area contributed by atoms with Crippen molar-refractivity contribution in [1.82, 2.24) is 20.1 Å². The lowest BCUT2D eigenvalue weighted by Crippen LogP contribution is -2.61. The Bertz CT molecular complexity index is 629. The molecule has 1 saturated heterocycles. The molecule has 146 valence electrons. The highest BCUT2D eigenvalue weighted by Gasteiger charge is 2.35. The summed E-state index contributed by atoms with van der Waals surface area (Å²) in [7, 11) is 3.37. The number of guanidine groups is 1. The number of aliphatic imine (C=N–C) groups is 1. The van der Waals surface area contributed by atoms with E-state index in [4.69, 9.17) is 10.5 Å². The molecule has 9 heteroatoms. The third-order valence-electron chi connectivity index (χ3n) is 4.60. The van der Waals surface area contributed by atoms with Crippen molar-refractivity contribution in [2.75, 3.05) is 40.3 Å². The van der Waals surface area contributed by atoms with E-state index in [2.05, 4.69) is 25.1 Å². The predicted molar refractivity (Wildman–Crippen MR) is 113 cm³/mol. The second-order valence-corrected chi connectivity index (χ2v) is 6.47. The fourth-order valence-corrected chi connectivity index (χ4v) is 2.80. The second-order valence-electron chi connectivity index (χ2n) is 6.47. The number of hydrogen-bond donors (Lipinski definition) is 2. The first-order valence-corrected chi connectivity index (χ1v) is 8.39. The topological polar surface area (TPSA) is 96.1 Å². The number of aromatic nitrogens is 1. The first-order chi connectivity index (χ1) is 11.9. The molecule has 2 heterocycles. The summed E-state index contributed by atoms with van der Waals surface area (Å²) >= 11 is 0. The van der Waals surface area contributed by atoms with Gasteiger partial charge in [-0.3, -0.25) is 14.7 Å². The molecule has 8 nitrogen and oxygen atoms in total. The van der Waals surface area contributed by atoms with Crippen LogP contribution in [0.4, 0.5) is 0 Å². The lowest BCUT2D eigenvalue weighted by atomic mass is 10.0. The van der Waals surface area contributed by atoms with E-state index in [1.807, 2.05) is 32.0 Å². The summed E-state index contributed by atoms with van der Waals surface area (Å²) in [6.07, 6.45) is 0. The van der Waals surface area contributed by atoms with E-state index < -0.39 is 5.54 Å². The normalized spacial score (nSPS) is 16.0. The highest BCUT2D eigenvalue weighted by molar-refractivity contribution is 14.0.